The molecule has 2 aromatic carbocycles. The Morgan fingerprint density at radius 2 is 1.91 bits per heavy atom. The fourth-order valence-corrected chi connectivity index (χ4v) is 3.82. The summed E-state index contributed by atoms with van der Waals surface area (Å²) in [7, 11) is 1.73. The molecule has 2 N–H and O–H groups in total. The molecule has 4 rings (SSSR count). The molecule has 0 saturated heterocycles. The van der Waals surface area contributed by atoms with Gasteiger partial charge < -0.3 is 19.8 Å². The molecule has 4 aromatic rings. The molecule has 0 atom stereocenters. The lowest BCUT2D eigenvalue weighted by Crippen LogP contribution is -2.37. The Morgan fingerprint density at radius 3 is 2.64 bits per heavy atom. The highest BCUT2D eigenvalue weighted by atomic mass is 127. The summed E-state index contributed by atoms with van der Waals surface area (Å²) in [6.45, 7) is 5.99. The van der Waals surface area contributed by atoms with E-state index < -0.39 is 0 Å². The van der Waals surface area contributed by atoms with E-state index in [1.807, 2.05) is 38.1 Å². The van der Waals surface area contributed by atoms with E-state index in [-0.39, 0.29) is 29.8 Å². The van der Waals surface area contributed by atoms with Crippen LogP contribution in [0.4, 0.5) is 4.39 Å². The van der Waals surface area contributed by atoms with Crippen molar-refractivity contribution in [2.24, 2.45) is 4.99 Å². The largest absolute Gasteiger partial charge is 0.356 e. The number of hydrogen-bond donors (Lipinski definition) is 2. The molecule has 174 valence electrons. The van der Waals surface area contributed by atoms with Gasteiger partial charge in [-0.25, -0.2) is 14.4 Å². The maximum absolute atomic E-state index is 14.6. The molecule has 0 amide bonds. The number of rotatable bonds is 7. The molecule has 7 nitrogen and oxygen atoms in total. The van der Waals surface area contributed by atoms with Crippen molar-refractivity contribution in [3.8, 4) is 5.69 Å². The average molecular weight is 561 g/mol. The number of imidazole rings is 2. The van der Waals surface area contributed by atoms with Gasteiger partial charge in [0.25, 0.3) is 0 Å². The van der Waals surface area contributed by atoms with E-state index in [1.54, 1.807) is 36.1 Å². The van der Waals surface area contributed by atoms with Crippen LogP contribution in [-0.2, 0) is 13.1 Å². The highest BCUT2D eigenvalue weighted by molar-refractivity contribution is 14.0. The second-order valence-corrected chi connectivity index (χ2v) is 7.64. The van der Waals surface area contributed by atoms with Crippen molar-refractivity contribution in [3.05, 3.63) is 77.9 Å². The summed E-state index contributed by atoms with van der Waals surface area (Å²) >= 11 is 0. The van der Waals surface area contributed by atoms with Crippen LogP contribution < -0.4 is 10.6 Å². The summed E-state index contributed by atoms with van der Waals surface area (Å²) < 4.78 is 18.6. The molecule has 0 spiro atoms. The molecule has 0 unspecified atom stereocenters. The van der Waals surface area contributed by atoms with Gasteiger partial charge in [-0.05, 0) is 50.1 Å². The average Bonchev–Trinajstić information content (AvgIpc) is 3.35. The minimum Gasteiger partial charge on any atom is -0.356 e. The van der Waals surface area contributed by atoms with Gasteiger partial charge in [0.2, 0.25) is 0 Å². The minimum atomic E-state index is -0.281. The number of fused-ring (bicyclic) bond motifs is 1. The first-order chi connectivity index (χ1) is 15.6. The van der Waals surface area contributed by atoms with Crippen molar-refractivity contribution in [2.45, 2.75) is 33.4 Å². The van der Waals surface area contributed by atoms with Gasteiger partial charge in [-0.1, -0.05) is 18.2 Å². The number of guanidine groups is 1. The predicted octanol–water partition coefficient (Wildman–Crippen LogP) is 4.35. The first kappa shape index (κ1) is 24.7. The van der Waals surface area contributed by atoms with Crippen LogP contribution in [0, 0.1) is 19.7 Å². The first-order valence-corrected chi connectivity index (χ1v) is 10.7. The molecule has 9 heteroatoms. The van der Waals surface area contributed by atoms with Crippen LogP contribution in [0.25, 0.3) is 16.7 Å². The predicted molar refractivity (Wildman–Crippen MR) is 141 cm³/mol. The van der Waals surface area contributed by atoms with E-state index >= 15 is 0 Å². The fourth-order valence-electron chi connectivity index (χ4n) is 3.82. The number of benzene rings is 2. The maximum Gasteiger partial charge on any atom is 0.191 e. The fraction of sp³-hybridized carbons (Fsp3) is 0.292. The monoisotopic (exact) mass is 561 g/mol. The Kier molecular flexibility index (Phi) is 8.43. The molecule has 0 aliphatic rings. The number of para-hydroxylation sites is 2. The lowest BCUT2D eigenvalue weighted by molar-refractivity contribution is 0.612. The molecule has 0 saturated carbocycles. The van der Waals surface area contributed by atoms with Crippen molar-refractivity contribution in [2.75, 3.05) is 13.6 Å². The van der Waals surface area contributed by atoms with Gasteiger partial charge in [-0.15, -0.1) is 24.0 Å². The van der Waals surface area contributed by atoms with Gasteiger partial charge in [0.05, 0.1) is 16.7 Å². The summed E-state index contributed by atoms with van der Waals surface area (Å²) in [4.78, 5) is 13.0. The number of aromatic nitrogens is 4. The van der Waals surface area contributed by atoms with Gasteiger partial charge in [0.1, 0.15) is 17.5 Å². The minimum absolute atomic E-state index is 0. The molecule has 2 aromatic heterocycles. The van der Waals surface area contributed by atoms with Crippen LogP contribution in [-0.4, -0.2) is 38.7 Å². The van der Waals surface area contributed by atoms with Crippen molar-refractivity contribution in [1.82, 2.24) is 29.7 Å². The molecule has 2 heterocycles. The standard InChI is InChI=1S/C24H28FN7.HI/c1-17-27-12-14-32(17)22-10-9-19(15-20(22)25)16-29-24(26-3)28-11-6-13-31-18(2)30-21-7-4-5-8-23(21)31;/h4-5,7-10,12,14-15H,6,11,13,16H2,1-3H3,(H2,26,28,29);1H. The molecule has 0 fully saturated rings. The third-order valence-corrected chi connectivity index (χ3v) is 5.48. The quantitative estimate of drug-likeness (QED) is 0.152. The summed E-state index contributed by atoms with van der Waals surface area (Å²) in [6, 6.07) is 13.4. The van der Waals surface area contributed by atoms with E-state index in [4.69, 9.17) is 0 Å². The second-order valence-electron chi connectivity index (χ2n) is 7.64. The molecule has 33 heavy (non-hydrogen) atoms. The van der Waals surface area contributed by atoms with Gasteiger partial charge >= 0.3 is 0 Å². The Balaban J connectivity index is 0.00000306. The molecule has 0 radical (unpaired) electrons. The molecule has 0 aliphatic carbocycles. The number of hydrogen-bond acceptors (Lipinski definition) is 3. The zero-order chi connectivity index (χ0) is 22.5. The highest BCUT2D eigenvalue weighted by Crippen LogP contribution is 2.17. The van der Waals surface area contributed by atoms with E-state index in [1.165, 1.54) is 0 Å². The van der Waals surface area contributed by atoms with Crippen molar-refractivity contribution < 1.29 is 4.39 Å². The number of aliphatic imine (C=N–C) groups is 1. The topological polar surface area (TPSA) is 72.1 Å². The molecular formula is C24H29FIN7. The number of nitrogens with zero attached hydrogens (tertiary/aromatic N) is 5. The molecule has 0 bridgehead atoms. The lowest BCUT2D eigenvalue weighted by Gasteiger charge is -2.13. The number of halogens is 2. The summed E-state index contributed by atoms with van der Waals surface area (Å²) in [6.07, 6.45) is 4.34. The maximum atomic E-state index is 14.6. The van der Waals surface area contributed by atoms with E-state index in [2.05, 4.69) is 36.2 Å². The van der Waals surface area contributed by atoms with Gasteiger partial charge in [-0.2, -0.15) is 0 Å². The first-order valence-electron chi connectivity index (χ1n) is 10.7. The van der Waals surface area contributed by atoms with Crippen LogP contribution in [0.1, 0.15) is 23.6 Å². The summed E-state index contributed by atoms with van der Waals surface area (Å²) in [5.41, 5.74) is 3.52. The van der Waals surface area contributed by atoms with E-state index in [0.717, 1.165) is 47.8 Å². The number of aryl methyl sites for hydroxylation is 3. The van der Waals surface area contributed by atoms with Gasteiger partial charge in [-0.3, -0.25) is 4.99 Å². The molecular weight excluding hydrogens is 532 g/mol. The van der Waals surface area contributed by atoms with Crippen LogP contribution in [0.3, 0.4) is 0 Å². The van der Waals surface area contributed by atoms with Gasteiger partial charge in [0.15, 0.2) is 5.96 Å². The van der Waals surface area contributed by atoms with Crippen LogP contribution in [0.15, 0.2) is 59.9 Å². The second kappa shape index (κ2) is 11.3. The Hall–Kier alpha value is -2.95. The summed E-state index contributed by atoms with van der Waals surface area (Å²) in [5, 5.41) is 6.57. The third kappa shape index (κ3) is 5.70. The normalized spacial score (nSPS) is 11.5. The van der Waals surface area contributed by atoms with Crippen molar-refractivity contribution in [1.29, 1.82) is 0 Å². The van der Waals surface area contributed by atoms with Crippen LogP contribution in [0.2, 0.25) is 0 Å². The number of nitrogens with one attached hydrogen (secondary N) is 2. The van der Waals surface area contributed by atoms with Crippen molar-refractivity contribution >= 4 is 41.0 Å². The Labute approximate surface area is 210 Å². The highest BCUT2D eigenvalue weighted by Gasteiger charge is 2.09. The zero-order valence-electron chi connectivity index (χ0n) is 19.0. The summed E-state index contributed by atoms with van der Waals surface area (Å²) in [5.74, 6) is 2.17. The van der Waals surface area contributed by atoms with Crippen LogP contribution in [0.5, 0.6) is 0 Å². The Morgan fingerprint density at radius 1 is 1.09 bits per heavy atom. The molecule has 0 aliphatic heterocycles. The van der Waals surface area contributed by atoms with E-state index in [9.17, 15) is 4.39 Å². The van der Waals surface area contributed by atoms with Crippen LogP contribution >= 0.6 is 24.0 Å². The lowest BCUT2D eigenvalue weighted by atomic mass is 10.2. The van der Waals surface area contributed by atoms with Crippen molar-refractivity contribution in [3.63, 3.8) is 0 Å². The SMILES string of the molecule is CN=C(NCCCn1c(C)nc2ccccc21)NCc1ccc(-n2ccnc2C)c(F)c1.I. The van der Waals surface area contributed by atoms with E-state index in [0.29, 0.717) is 18.2 Å². The van der Waals surface area contributed by atoms with Gasteiger partial charge in [0, 0.05) is 39.1 Å². The Bertz CT molecular complexity index is 1240. The third-order valence-electron chi connectivity index (χ3n) is 5.48. The smallest absolute Gasteiger partial charge is 0.191 e. The zero-order valence-corrected chi connectivity index (χ0v) is 21.4.